The zero-order valence-electron chi connectivity index (χ0n) is 39.6. The molecule has 10 aromatic rings. The van der Waals surface area contributed by atoms with E-state index in [0.29, 0.717) is 48.6 Å². The molecule has 0 aliphatic carbocycles. The Balaban J connectivity index is 0.000000147. The Kier molecular flexibility index (Phi) is 14.0. The number of benzene rings is 2. The molecule has 0 spiro atoms. The summed E-state index contributed by atoms with van der Waals surface area (Å²) in [4.78, 5) is 26.0. The predicted octanol–water partition coefficient (Wildman–Crippen LogP) is 10.7. The van der Waals surface area contributed by atoms with Crippen LogP contribution in [0.15, 0.2) is 122 Å². The van der Waals surface area contributed by atoms with Gasteiger partial charge in [-0.3, -0.25) is 19.9 Å². The summed E-state index contributed by atoms with van der Waals surface area (Å²) in [5.74, 6) is 0.416. The SMILES string of the molecule is C.COc1cc(-c2c(F)cnc3c2c2cc(-c4cccnc4)ncc2n3C)ccc1N.COc1cc(B2OC(C)(C)C(C)(C)O2)ccc1N.Cn1c2cnc(-c3cccnc3)cc2c2c(I)c(F)cnc21. The third kappa shape index (κ3) is 9.29. The fourth-order valence-corrected chi connectivity index (χ4v) is 9.01. The molecule has 0 bridgehead atoms. The van der Waals surface area contributed by atoms with Crippen molar-refractivity contribution in [1.29, 1.82) is 0 Å². The number of hydrogen-bond donors (Lipinski definition) is 2. The van der Waals surface area contributed by atoms with Crippen molar-refractivity contribution in [1.82, 2.24) is 39.0 Å². The summed E-state index contributed by atoms with van der Waals surface area (Å²) in [7, 11) is 6.56. The zero-order chi connectivity index (χ0) is 49.6. The minimum absolute atomic E-state index is 0. The number of rotatable bonds is 6. The number of nitrogen functional groups attached to an aromatic ring is 2. The molecule has 2 aromatic carbocycles. The lowest BCUT2D eigenvalue weighted by Crippen LogP contribution is -2.41. The fourth-order valence-electron chi connectivity index (χ4n) is 8.34. The Bertz CT molecular complexity index is 3580. The van der Waals surface area contributed by atoms with E-state index in [4.69, 9.17) is 30.2 Å². The third-order valence-electron chi connectivity index (χ3n) is 12.8. The highest BCUT2D eigenvalue weighted by molar-refractivity contribution is 14.1. The molecule has 4 N–H and O–H groups in total. The van der Waals surface area contributed by atoms with Gasteiger partial charge in [0.2, 0.25) is 0 Å². The van der Waals surface area contributed by atoms with Gasteiger partial charge >= 0.3 is 7.12 Å². The third-order valence-corrected chi connectivity index (χ3v) is 13.9. The van der Waals surface area contributed by atoms with Crippen molar-refractivity contribution in [2.24, 2.45) is 14.1 Å². The lowest BCUT2D eigenvalue weighted by atomic mass is 9.79. The molecule has 1 saturated heterocycles. The van der Waals surface area contributed by atoms with Crippen molar-refractivity contribution in [3.05, 3.63) is 138 Å². The quantitative estimate of drug-likeness (QED) is 0.0917. The van der Waals surface area contributed by atoms with E-state index >= 15 is 4.39 Å². The summed E-state index contributed by atoms with van der Waals surface area (Å²) in [5.41, 5.74) is 20.8. The van der Waals surface area contributed by atoms with Crippen LogP contribution in [0, 0.1) is 15.2 Å². The Hall–Kier alpha value is -7.29. The van der Waals surface area contributed by atoms with E-state index in [1.54, 1.807) is 68.6 Å². The molecule has 1 aliphatic rings. The molecule has 9 heterocycles. The van der Waals surface area contributed by atoms with Gasteiger partial charge < -0.3 is 39.4 Å². The predicted molar refractivity (Wildman–Crippen MR) is 287 cm³/mol. The lowest BCUT2D eigenvalue weighted by Gasteiger charge is -2.32. The first kappa shape index (κ1) is 50.1. The molecule has 0 radical (unpaired) electrons. The molecule has 0 amide bonds. The van der Waals surface area contributed by atoms with Gasteiger partial charge in [0.25, 0.3) is 0 Å². The van der Waals surface area contributed by atoms with Crippen molar-refractivity contribution in [2.75, 3.05) is 25.7 Å². The van der Waals surface area contributed by atoms with Crippen LogP contribution < -0.4 is 26.4 Å². The number of halogens is 3. The monoisotopic (exact) mass is 1070 g/mol. The van der Waals surface area contributed by atoms with Crippen molar-refractivity contribution in [3.8, 4) is 45.1 Å². The molecule has 0 saturated carbocycles. The minimum atomic E-state index is -0.415. The summed E-state index contributed by atoms with van der Waals surface area (Å²) in [6.07, 6.45) is 13.0. The molecule has 71 heavy (non-hydrogen) atoms. The number of anilines is 2. The fraction of sp³-hybridized carbons (Fsp3) is 0.208. The van der Waals surface area contributed by atoms with Gasteiger partial charge in [-0.2, -0.15) is 0 Å². The number of hydrogen-bond acceptors (Lipinski definition) is 12. The van der Waals surface area contributed by atoms with E-state index < -0.39 is 5.82 Å². The van der Waals surface area contributed by atoms with E-state index in [1.807, 2.05) is 122 Å². The van der Waals surface area contributed by atoms with Gasteiger partial charge in [-0.1, -0.05) is 19.6 Å². The van der Waals surface area contributed by atoms with Gasteiger partial charge in [0.05, 0.1) is 87.6 Å². The number of nitrogens with two attached hydrogens (primary N) is 2. The van der Waals surface area contributed by atoms with Gasteiger partial charge in [0, 0.05) is 77.1 Å². The van der Waals surface area contributed by atoms with Gasteiger partial charge in [0.1, 0.15) is 28.6 Å². The molecule has 0 atom stereocenters. The van der Waals surface area contributed by atoms with E-state index in [9.17, 15) is 4.39 Å². The summed E-state index contributed by atoms with van der Waals surface area (Å²) in [5, 5.41) is 3.35. The van der Waals surface area contributed by atoms with Crippen LogP contribution in [0.3, 0.4) is 0 Å². The molecular formula is C53H52BF2IN10O4. The first-order valence-corrected chi connectivity index (χ1v) is 23.1. The van der Waals surface area contributed by atoms with E-state index in [1.165, 1.54) is 19.5 Å². The number of pyridine rings is 6. The Morgan fingerprint density at radius 2 is 1.10 bits per heavy atom. The Morgan fingerprint density at radius 3 is 1.62 bits per heavy atom. The zero-order valence-corrected chi connectivity index (χ0v) is 41.8. The summed E-state index contributed by atoms with van der Waals surface area (Å²) in [6.45, 7) is 8.12. The van der Waals surface area contributed by atoms with Crippen molar-refractivity contribution in [3.63, 3.8) is 0 Å². The second kappa shape index (κ2) is 19.8. The molecule has 8 aromatic heterocycles. The maximum absolute atomic E-state index is 15.1. The molecule has 1 aliphatic heterocycles. The van der Waals surface area contributed by atoms with Crippen LogP contribution in [0.1, 0.15) is 35.1 Å². The first-order valence-electron chi connectivity index (χ1n) is 22.1. The van der Waals surface area contributed by atoms with E-state index in [-0.39, 0.29) is 31.6 Å². The van der Waals surface area contributed by atoms with Gasteiger partial charge in [-0.15, -0.1) is 0 Å². The number of methoxy groups -OCH3 is 2. The highest BCUT2D eigenvalue weighted by Crippen LogP contribution is 2.41. The summed E-state index contributed by atoms with van der Waals surface area (Å²) in [6, 6.07) is 22.4. The number of ether oxygens (including phenoxy) is 2. The van der Waals surface area contributed by atoms with Crippen LogP contribution in [0.4, 0.5) is 20.2 Å². The van der Waals surface area contributed by atoms with Crippen molar-refractivity contribution in [2.45, 2.75) is 46.3 Å². The van der Waals surface area contributed by atoms with Gasteiger partial charge in [-0.25, -0.2) is 18.7 Å². The first-order chi connectivity index (χ1) is 33.5. The lowest BCUT2D eigenvalue weighted by molar-refractivity contribution is 0.00578. The van der Waals surface area contributed by atoms with Crippen molar-refractivity contribution < 1.29 is 27.6 Å². The van der Waals surface area contributed by atoms with Crippen LogP contribution in [0.2, 0.25) is 0 Å². The minimum Gasteiger partial charge on any atom is -0.495 e. The molecule has 0 unspecified atom stereocenters. The second-order valence-electron chi connectivity index (χ2n) is 17.6. The topological polar surface area (TPSA) is 176 Å². The summed E-state index contributed by atoms with van der Waals surface area (Å²) >= 11 is 2.03. The smallest absolute Gasteiger partial charge is 0.494 e. The molecule has 14 nitrogen and oxygen atoms in total. The number of aryl methyl sites for hydroxylation is 2. The second-order valence-corrected chi connectivity index (χ2v) is 18.7. The van der Waals surface area contributed by atoms with E-state index in [0.717, 1.165) is 60.8 Å². The molecule has 1 fully saturated rings. The molecule has 18 heteroatoms. The highest BCUT2D eigenvalue weighted by atomic mass is 127. The van der Waals surface area contributed by atoms with Crippen LogP contribution >= 0.6 is 22.6 Å². The maximum Gasteiger partial charge on any atom is 0.494 e. The number of nitrogens with zero attached hydrogens (tertiary/aromatic N) is 8. The van der Waals surface area contributed by atoms with Crippen LogP contribution in [0.25, 0.3) is 77.5 Å². The van der Waals surface area contributed by atoms with Gasteiger partial charge in [-0.05, 0) is 122 Å². The molecular weight excluding hydrogens is 1020 g/mol. The maximum atomic E-state index is 15.1. The average molecular weight is 1070 g/mol. The standard InChI is InChI=1S/C23H18FN5O.C16H10FIN4.C13H20BNO3.CH4/c1-29-19-12-27-18(14-4-3-7-26-10-14)9-15(19)22-21(16(24)11-28-23(22)29)13-5-6-17(25)20(8-13)30-2;1-22-13-8-20-12(9-3-2-4-19-6-9)5-10(13)14-15(18)11(17)7-21-16(14)22;1-12(2)13(3,4)18-14(17-12)9-6-7-10(15)11(8-9)16-5;/h3-12H,25H2,1-2H3;2-8H,1H3;6-8H,15H2,1-5H3;1H4. The normalized spacial score (nSPS) is 13.6. The Morgan fingerprint density at radius 1 is 0.606 bits per heavy atom. The molecule has 11 rings (SSSR count). The van der Waals surface area contributed by atoms with Crippen LogP contribution in [-0.4, -0.2) is 71.6 Å². The number of aromatic nitrogens is 8. The van der Waals surface area contributed by atoms with E-state index in [2.05, 4.69) is 29.9 Å². The highest BCUT2D eigenvalue weighted by Gasteiger charge is 2.51. The van der Waals surface area contributed by atoms with Crippen molar-refractivity contribution >= 4 is 90.4 Å². The molecule has 362 valence electrons. The van der Waals surface area contributed by atoms with Gasteiger partial charge in [0.15, 0.2) is 5.82 Å². The van der Waals surface area contributed by atoms with Crippen LogP contribution in [-0.2, 0) is 23.4 Å². The van der Waals surface area contributed by atoms with Crippen LogP contribution in [0.5, 0.6) is 11.5 Å². The largest absolute Gasteiger partial charge is 0.495 e. The summed E-state index contributed by atoms with van der Waals surface area (Å²) < 4.78 is 56.0. The average Bonchev–Trinajstić information content (AvgIpc) is 3.91. The number of fused-ring (bicyclic) bond motifs is 6. The Labute approximate surface area is 423 Å².